The highest BCUT2D eigenvalue weighted by Crippen LogP contribution is 2.32. The maximum absolute atomic E-state index is 5.45. The van der Waals surface area contributed by atoms with Gasteiger partial charge in [-0.3, -0.25) is 0 Å². The molecule has 1 unspecified atom stereocenters. The van der Waals surface area contributed by atoms with E-state index in [1.807, 2.05) is 6.07 Å². The predicted octanol–water partition coefficient (Wildman–Crippen LogP) is 2.76. The van der Waals surface area contributed by atoms with E-state index in [4.69, 9.17) is 9.47 Å². The van der Waals surface area contributed by atoms with Gasteiger partial charge >= 0.3 is 0 Å². The van der Waals surface area contributed by atoms with E-state index in [0.29, 0.717) is 6.04 Å². The zero-order valence-corrected chi connectivity index (χ0v) is 11.7. The minimum atomic E-state index is 0.564. The molecule has 1 heterocycles. The first-order chi connectivity index (χ1) is 8.63. The van der Waals surface area contributed by atoms with Crippen LogP contribution in [0.15, 0.2) is 12.1 Å². The van der Waals surface area contributed by atoms with E-state index < -0.39 is 0 Å². The third-order valence-corrected chi connectivity index (χ3v) is 3.52. The fraction of sp³-hybridized carbons (Fsp3) is 0.600. The van der Waals surface area contributed by atoms with Gasteiger partial charge in [-0.25, -0.2) is 0 Å². The molecule has 0 fully saturated rings. The van der Waals surface area contributed by atoms with Crippen LogP contribution < -0.4 is 14.8 Å². The van der Waals surface area contributed by atoms with Crippen molar-refractivity contribution < 1.29 is 9.47 Å². The highest BCUT2D eigenvalue weighted by molar-refractivity contribution is 5.48. The van der Waals surface area contributed by atoms with Gasteiger partial charge in [0.15, 0.2) is 0 Å². The predicted molar refractivity (Wildman–Crippen MR) is 73.3 cm³/mol. The normalized spacial score (nSPS) is 18.6. The number of hydrogen-bond donors (Lipinski definition) is 1. The van der Waals surface area contributed by atoms with E-state index in [0.717, 1.165) is 30.4 Å². The largest absolute Gasteiger partial charge is 0.497 e. The van der Waals surface area contributed by atoms with Gasteiger partial charge in [-0.05, 0) is 30.4 Å². The molecule has 1 aromatic carbocycles. The van der Waals surface area contributed by atoms with Crippen molar-refractivity contribution in [2.75, 3.05) is 14.2 Å². The second-order valence-electron chi connectivity index (χ2n) is 5.38. The van der Waals surface area contributed by atoms with Crippen LogP contribution in [0.25, 0.3) is 0 Å². The molecule has 0 saturated carbocycles. The molecule has 1 aliphatic heterocycles. The number of fused-ring (bicyclic) bond motifs is 1. The highest BCUT2D eigenvalue weighted by Gasteiger charge is 2.22. The SMILES string of the molecule is COc1cc2c(c(OC)c1)CNC(CC(C)C)C2. The standard InChI is InChI=1S/C15H23NO2/c1-10(2)5-12-6-11-7-13(17-3)8-15(18-4)14(11)9-16-12/h7-8,10,12,16H,5-6,9H2,1-4H3. The molecular weight excluding hydrogens is 226 g/mol. The molecule has 1 aromatic rings. The van der Waals surface area contributed by atoms with E-state index in [9.17, 15) is 0 Å². The maximum atomic E-state index is 5.45. The van der Waals surface area contributed by atoms with Crippen LogP contribution in [0.3, 0.4) is 0 Å². The fourth-order valence-electron chi connectivity index (χ4n) is 2.68. The number of nitrogens with one attached hydrogen (secondary N) is 1. The molecule has 3 nitrogen and oxygen atoms in total. The van der Waals surface area contributed by atoms with Gasteiger partial charge in [0.1, 0.15) is 11.5 Å². The van der Waals surface area contributed by atoms with Crippen LogP contribution >= 0.6 is 0 Å². The summed E-state index contributed by atoms with van der Waals surface area (Å²) < 4.78 is 10.8. The Hall–Kier alpha value is -1.22. The summed E-state index contributed by atoms with van der Waals surface area (Å²) in [7, 11) is 3.42. The summed E-state index contributed by atoms with van der Waals surface area (Å²) >= 11 is 0. The van der Waals surface area contributed by atoms with Gasteiger partial charge in [-0.2, -0.15) is 0 Å². The van der Waals surface area contributed by atoms with Crippen molar-refractivity contribution >= 4 is 0 Å². The number of benzene rings is 1. The number of rotatable bonds is 4. The molecule has 18 heavy (non-hydrogen) atoms. The summed E-state index contributed by atoms with van der Waals surface area (Å²) in [5.41, 5.74) is 2.63. The monoisotopic (exact) mass is 249 g/mol. The van der Waals surface area contributed by atoms with Crippen LogP contribution in [0, 0.1) is 5.92 Å². The molecule has 100 valence electrons. The van der Waals surface area contributed by atoms with Crippen LogP contribution in [0.4, 0.5) is 0 Å². The molecular formula is C15H23NO2. The first-order valence-corrected chi connectivity index (χ1v) is 6.61. The van der Waals surface area contributed by atoms with E-state index in [2.05, 4.69) is 25.2 Å². The van der Waals surface area contributed by atoms with Gasteiger partial charge in [0.2, 0.25) is 0 Å². The summed E-state index contributed by atoms with van der Waals surface area (Å²) in [6, 6.07) is 4.67. The number of ether oxygens (including phenoxy) is 2. The Labute approximate surface area is 109 Å². The Morgan fingerprint density at radius 1 is 1.28 bits per heavy atom. The fourth-order valence-corrected chi connectivity index (χ4v) is 2.68. The number of methoxy groups -OCH3 is 2. The maximum Gasteiger partial charge on any atom is 0.127 e. The van der Waals surface area contributed by atoms with E-state index >= 15 is 0 Å². The zero-order chi connectivity index (χ0) is 13.1. The Bertz CT molecular complexity index is 415. The lowest BCUT2D eigenvalue weighted by Crippen LogP contribution is -2.36. The van der Waals surface area contributed by atoms with Crippen molar-refractivity contribution in [1.82, 2.24) is 5.32 Å². The molecule has 2 rings (SSSR count). The molecule has 0 aromatic heterocycles. The summed E-state index contributed by atoms with van der Waals surface area (Å²) in [6.45, 7) is 5.42. The summed E-state index contributed by atoms with van der Waals surface area (Å²) in [4.78, 5) is 0. The number of hydrogen-bond acceptors (Lipinski definition) is 3. The first kappa shape index (κ1) is 13.2. The van der Waals surface area contributed by atoms with Crippen molar-refractivity contribution in [2.24, 2.45) is 5.92 Å². The van der Waals surface area contributed by atoms with Crippen molar-refractivity contribution in [3.05, 3.63) is 23.3 Å². The van der Waals surface area contributed by atoms with Gasteiger partial charge in [-0.15, -0.1) is 0 Å². The third-order valence-electron chi connectivity index (χ3n) is 3.52. The average molecular weight is 249 g/mol. The van der Waals surface area contributed by atoms with Gasteiger partial charge in [0.05, 0.1) is 14.2 Å². The summed E-state index contributed by atoms with van der Waals surface area (Å²) in [5.74, 6) is 2.53. The third kappa shape index (κ3) is 2.78. The molecule has 1 aliphatic rings. The Kier molecular flexibility index (Phi) is 4.12. The molecule has 0 bridgehead atoms. The molecule has 1 N–H and O–H groups in total. The summed E-state index contributed by atoms with van der Waals surface area (Å²) in [6.07, 6.45) is 2.26. The molecule has 0 saturated heterocycles. The molecule has 3 heteroatoms. The summed E-state index contributed by atoms with van der Waals surface area (Å²) in [5, 5.41) is 3.60. The van der Waals surface area contributed by atoms with Crippen LogP contribution in [-0.2, 0) is 13.0 Å². The van der Waals surface area contributed by atoms with Crippen molar-refractivity contribution in [1.29, 1.82) is 0 Å². The van der Waals surface area contributed by atoms with Gasteiger partial charge < -0.3 is 14.8 Å². The molecule has 0 radical (unpaired) electrons. The minimum Gasteiger partial charge on any atom is -0.497 e. The molecule has 1 atom stereocenters. The van der Waals surface area contributed by atoms with Crippen molar-refractivity contribution in [2.45, 2.75) is 39.3 Å². The Balaban J connectivity index is 2.25. The van der Waals surface area contributed by atoms with Crippen LogP contribution in [0.1, 0.15) is 31.4 Å². The first-order valence-electron chi connectivity index (χ1n) is 6.61. The smallest absolute Gasteiger partial charge is 0.127 e. The topological polar surface area (TPSA) is 30.5 Å². The highest BCUT2D eigenvalue weighted by atomic mass is 16.5. The molecule has 0 spiro atoms. The van der Waals surface area contributed by atoms with Gasteiger partial charge in [0, 0.05) is 24.2 Å². The van der Waals surface area contributed by atoms with Crippen LogP contribution in [0.5, 0.6) is 11.5 Å². The Morgan fingerprint density at radius 2 is 2.06 bits per heavy atom. The lowest BCUT2D eigenvalue weighted by molar-refractivity contribution is 0.366. The Morgan fingerprint density at radius 3 is 2.67 bits per heavy atom. The second-order valence-corrected chi connectivity index (χ2v) is 5.38. The van der Waals surface area contributed by atoms with E-state index in [1.54, 1.807) is 14.2 Å². The zero-order valence-electron chi connectivity index (χ0n) is 11.7. The van der Waals surface area contributed by atoms with Gasteiger partial charge in [0.25, 0.3) is 0 Å². The minimum absolute atomic E-state index is 0.564. The lowest BCUT2D eigenvalue weighted by atomic mass is 9.90. The second kappa shape index (κ2) is 5.61. The average Bonchev–Trinajstić information content (AvgIpc) is 2.36. The molecule has 0 amide bonds. The van der Waals surface area contributed by atoms with Crippen molar-refractivity contribution in [3.63, 3.8) is 0 Å². The lowest BCUT2D eigenvalue weighted by Gasteiger charge is -2.29. The molecule has 0 aliphatic carbocycles. The van der Waals surface area contributed by atoms with Crippen LogP contribution in [0.2, 0.25) is 0 Å². The van der Waals surface area contributed by atoms with Gasteiger partial charge in [-0.1, -0.05) is 13.8 Å². The van der Waals surface area contributed by atoms with E-state index in [-0.39, 0.29) is 0 Å². The van der Waals surface area contributed by atoms with Crippen LogP contribution in [-0.4, -0.2) is 20.3 Å². The van der Waals surface area contributed by atoms with E-state index in [1.165, 1.54) is 17.5 Å². The quantitative estimate of drug-likeness (QED) is 0.890. The van der Waals surface area contributed by atoms with Crippen molar-refractivity contribution in [3.8, 4) is 11.5 Å².